The molecule has 1 rings (SSSR count). The molecule has 124 valence electrons. The lowest BCUT2D eigenvalue weighted by Gasteiger charge is -2.27. The molecule has 0 heterocycles. The lowest BCUT2D eigenvalue weighted by molar-refractivity contribution is -0.137. The summed E-state index contributed by atoms with van der Waals surface area (Å²) in [5.74, 6) is -0.553. The average molecular weight is 318 g/mol. The second-order valence-corrected chi connectivity index (χ2v) is 5.71. The van der Waals surface area contributed by atoms with Crippen LogP contribution >= 0.6 is 0 Å². The number of para-hydroxylation sites is 1. The van der Waals surface area contributed by atoms with E-state index in [4.69, 9.17) is 0 Å². The summed E-state index contributed by atoms with van der Waals surface area (Å²) in [6.45, 7) is 5.67. The minimum Gasteiger partial charge on any atom is -0.389 e. The Morgan fingerprint density at radius 1 is 1.27 bits per heavy atom. The lowest BCUT2D eigenvalue weighted by Crippen LogP contribution is -2.42. The van der Waals surface area contributed by atoms with Crippen molar-refractivity contribution in [2.75, 3.05) is 25.0 Å². The molecule has 0 bridgehead atoms. The highest BCUT2D eigenvalue weighted by Gasteiger charge is 2.33. The van der Waals surface area contributed by atoms with Gasteiger partial charge >= 0.3 is 6.18 Å². The van der Waals surface area contributed by atoms with Gasteiger partial charge < -0.3 is 10.4 Å². The fraction of sp³-hybridized carbons (Fsp3) is 0.533. The van der Waals surface area contributed by atoms with Crippen LogP contribution in [0.3, 0.4) is 0 Å². The number of amides is 1. The van der Waals surface area contributed by atoms with Gasteiger partial charge in [-0.15, -0.1) is 0 Å². The van der Waals surface area contributed by atoms with E-state index in [1.54, 1.807) is 18.7 Å². The van der Waals surface area contributed by atoms with Gasteiger partial charge in [0.25, 0.3) is 0 Å². The molecule has 22 heavy (non-hydrogen) atoms. The zero-order chi connectivity index (χ0) is 17.0. The number of nitrogens with one attached hydrogen (secondary N) is 1. The maximum atomic E-state index is 12.9. The van der Waals surface area contributed by atoms with E-state index in [1.165, 1.54) is 18.2 Å². The molecular formula is C15H21F3N2O2. The van der Waals surface area contributed by atoms with Crippen LogP contribution in [0.4, 0.5) is 18.9 Å². The SMILES string of the molecule is CCN(CC(=O)Nc1ccccc1C(F)(F)F)CC(C)(C)O. The molecule has 0 aromatic heterocycles. The van der Waals surface area contributed by atoms with Gasteiger partial charge in [0.05, 0.1) is 23.4 Å². The number of alkyl halides is 3. The molecule has 0 fully saturated rings. The largest absolute Gasteiger partial charge is 0.418 e. The fourth-order valence-electron chi connectivity index (χ4n) is 2.06. The topological polar surface area (TPSA) is 52.6 Å². The van der Waals surface area contributed by atoms with Crippen molar-refractivity contribution in [2.24, 2.45) is 0 Å². The number of carbonyl (C=O) groups is 1. The van der Waals surface area contributed by atoms with Crippen molar-refractivity contribution in [1.82, 2.24) is 4.90 Å². The Bertz CT molecular complexity index is 510. The molecule has 0 unspecified atom stereocenters. The van der Waals surface area contributed by atoms with Gasteiger partial charge in [0.1, 0.15) is 0 Å². The third kappa shape index (κ3) is 6.03. The van der Waals surface area contributed by atoms with E-state index in [2.05, 4.69) is 5.32 Å². The van der Waals surface area contributed by atoms with E-state index in [0.29, 0.717) is 6.54 Å². The van der Waals surface area contributed by atoms with Gasteiger partial charge in [-0.3, -0.25) is 9.69 Å². The highest BCUT2D eigenvalue weighted by molar-refractivity contribution is 5.93. The van der Waals surface area contributed by atoms with Crippen molar-refractivity contribution in [3.8, 4) is 0 Å². The summed E-state index contributed by atoms with van der Waals surface area (Å²) >= 11 is 0. The summed E-state index contributed by atoms with van der Waals surface area (Å²) < 4.78 is 38.6. The standard InChI is InChI=1S/C15H21F3N2O2/c1-4-20(10-14(2,3)22)9-13(21)19-12-8-6-5-7-11(12)15(16,17)18/h5-8,22H,4,9-10H2,1-3H3,(H,19,21). The van der Waals surface area contributed by atoms with Gasteiger partial charge in [-0.05, 0) is 32.5 Å². The molecule has 0 radical (unpaired) electrons. The minimum absolute atomic E-state index is 0.0906. The van der Waals surface area contributed by atoms with Gasteiger partial charge in [0.2, 0.25) is 5.91 Å². The molecule has 4 nitrogen and oxygen atoms in total. The third-order valence-corrected chi connectivity index (χ3v) is 2.93. The predicted octanol–water partition coefficient (Wildman–Crippen LogP) is 2.74. The molecule has 0 spiro atoms. The zero-order valence-electron chi connectivity index (χ0n) is 12.9. The summed E-state index contributed by atoms with van der Waals surface area (Å²) in [7, 11) is 0. The van der Waals surface area contributed by atoms with Crippen LogP contribution in [0.15, 0.2) is 24.3 Å². The number of benzene rings is 1. The summed E-state index contributed by atoms with van der Waals surface area (Å²) in [5, 5.41) is 12.0. The van der Waals surface area contributed by atoms with E-state index in [1.807, 2.05) is 6.92 Å². The predicted molar refractivity (Wildman–Crippen MR) is 78.5 cm³/mol. The van der Waals surface area contributed by atoms with Crippen molar-refractivity contribution in [3.63, 3.8) is 0 Å². The average Bonchev–Trinajstić information content (AvgIpc) is 2.35. The molecule has 1 aromatic carbocycles. The smallest absolute Gasteiger partial charge is 0.389 e. The monoisotopic (exact) mass is 318 g/mol. The Morgan fingerprint density at radius 2 is 1.86 bits per heavy atom. The van der Waals surface area contributed by atoms with Crippen LogP contribution in [0.2, 0.25) is 0 Å². The molecule has 0 saturated carbocycles. The second-order valence-electron chi connectivity index (χ2n) is 5.71. The van der Waals surface area contributed by atoms with E-state index in [0.717, 1.165) is 6.07 Å². The van der Waals surface area contributed by atoms with Gasteiger partial charge in [0.15, 0.2) is 0 Å². The first-order valence-electron chi connectivity index (χ1n) is 6.93. The number of hydrogen-bond donors (Lipinski definition) is 2. The van der Waals surface area contributed by atoms with Crippen molar-refractivity contribution < 1.29 is 23.1 Å². The summed E-state index contributed by atoms with van der Waals surface area (Å²) in [5.41, 5.74) is -2.13. The maximum Gasteiger partial charge on any atom is 0.418 e. The van der Waals surface area contributed by atoms with Crippen LogP contribution < -0.4 is 5.32 Å². The van der Waals surface area contributed by atoms with Crippen LogP contribution in [0, 0.1) is 0 Å². The van der Waals surface area contributed by atoms with Crippen LogP contribution in [-0.2, 0) is 11.0 Å². The van der Waals surface area contributed by atoms with Crippen molar-refractivity contribution in [3.05, 3.63) is 29.8 Å². The zero-order valence-corrected chi connectivity index (χ0v) is 12.9. The van der Waals surface area contributed by atoms with Crippen LogP contribution in [0.5, 0.6) is 0 Å². The highest BCUT2D eigenvalue weighted by atomic mass is 19.4. The molecule has 0 aliphatic carbocycles. The number of anilines is 1. The Kier molecular flexibility index (Phi) is 5.96. The molecule has 0 atom stereocenters. The summed E-state index contributed by atoms with van der Waals surface area (Å²) in [6, 6.07) is 4.83. The van der Waals surface area contributed by atoms with Crippen molar-refractivity contribution in [2.45, 2.75) is 32.5 Å². The van der Waals surface area contributed by atoms with Crippen molar-refractivity contribution in [1.29, 1.82) is 0 Å². The van der Waals surface area contributed by atoms with E-state index in [-0.39, 0.29) is 18.8 Å². The van der Waals surface area contributed by atoms with Crippen LogP contribution in [0.25, 0.3) is 0 Å². The third-order valence-electron chi connectivity index (χ3n) is 2.93. The number of halogens is 3. The van der Waals surface area contributed by atoms with Gasteiger partial charge in [0, 0.05) is 6.54 Å². The van der Waals surface area contributed by atoms with Crippen LogP contribution in [-0.4, -0.2) is 41.1 Å². The van der Waals surface area contributed by atoms with Gasteiger partial charge in [-0.1, -0.05) is 19.1 Å². The number of rotatable bonds is 6. The molecule has 1 aromatic rings. The molecule has 2 N–H and O–H groups in total. The molecule has 0 aliphatic heterocycles. The van der Waals surface area contributed by atoms with Gasteiger partial charge in [-0.2, -0.15) is 13.2 Å². The number of carbonyl (C=O) groups excluding carboxylic acids is 1. The lowest BCUT2D eigenvalue weighted by atomic mass is 10.1. The number of hydrogen-bond acceptors (Lipinski definition) is 3. The Balaban J connectivity index is 2.77. The van der Waals surface area contributed by atoms with E-state index >= 15 is 0 Å². The Morgan fingerprint density at radius 3 is 2.36 bits per heavy atom. The quantitative estimate of drug-likeness (QED) is 0.848. The molecule has 7 heteroatoms. The van der Waals surface area contributed by atoms with Crippen molar-refractivity contribution >= 4 is 11.6 Å². The summed E-state index contributed by atoms with van der Waals surface area (Å²) in [4.78, 5) is 13.6. The normalized spacial score (nSPS) is 12.5. The number of nitrogens with zero attached hydrogens (tertiary/aromatic N) is 1. The molecule has 1 amide bonds. The fourth-order valence-corrected chi connectivity index (χ4v) is 2.06. The first-order chi connectivity index (χ1) is 10.0. The minimum atomic E-state index is -4.53. The molecular weight excluding hydrogens is 297 g/mol. The van der Waals surface area contributed by atoms with E-state index in [9.17, 15) is 23.1 Å². The molecule has 0 aliphatic rings. The van der Waals surface area contributed by atoms with Gasteiger partial charge in [-0.25, -0.2) is 0 Å². The molecule has 0 saturated heterocycles. The van der Waals surface area contributed by atoms with Crippen LogP contribution in [0.1, 0.15) is 26.3 Å². The number of likely N-dealkylation sites (N-methyl/N-ethyl adjacent to an activating group) is 1. The Hall–Kier alpha value is -1.60. The second kappa shape index (κ2) is 7.11. The first-order valence-corrected chi connectivity index (χ1v) is 6.93. The maximum absolute atomic E-state index is 12.9. The highest BCUT2D eigenvalue weighted by Crippen LogP contribution is 2.34. The number of aliphatic hydroxyl groups is 1. The Labute approximate surface area is 127 Å². The van der Waals surface area contributed by atoms with E-state index < -0.39 is 23.2 Å². The summed E-state index contributed by atoms with van der Waals surface area (Å²) in [6.07, 6.45) is -4.53. The first kappa shape index (κ1) is 18.4.